The lowest BCUT2D eigenvalue weighted by Gasteiger charge is -2.03. The third kappa shape index (κ3) is 1.96. The smallest absolute Gasteiger partial charge is 0.227 e. The van der Waals surface area contributed by atoms with Crippen LogP contribution in [0.3, 0.4) is 0 Å². The Morgan fingerprint density at radius 2 is 1.67 bits per heavy atom. The molecule has 78 valence electrons. The zero-order chi connectivity index (χ0) is 11.0. The van der Waals surface area contributed by atoms with Gasteiger partial charge >= 0.3 is 0 Å². The maximum absolute atomic E-state index is 5.70. The maximum atomic E-state index is 5.70. The minimum atomic E-state index is 0.101. The highest BCUT2D eigenvalue weighted by atomic mass is 35.5. The Morgan fingerprint density at radius 3 is 2.13 bits per heavy atom. The van der Waals surface area contributed by atoms with E-state index in [0.29, 0.717) is 5.82 Å². The Labute approximate surface area is 96.9 Å². The quantitative estimate of drug-likeness (QED) is 0.772. The lowest BCUT2D eigenvalue weighted by Crippen LogP contribution is -1.99. The SMILES string of the molecule is Cc1ccc(-c2nc(Cl)nc(Cl)n2)n1C. The second-order valence-electron chi connectivity index (χ2n) is 3.12. The zero-order valence-electron chi connectivity index (χ0n) is 8.20. The highest BCUT2D eigenvalue weighted by molar-refractivity contribution is 6.31. The lowest BCUT2D eigenvalue weighted by molar-refractivity contribution is 0.875. The van der Waals surface area contributed by atoms with Crippen LogP contribution in [0.5, 0.6) is 0 Å². The molecule has 6 heteroatoms. The van der Waals surface area contributed by atoms with Gasteiger partial charge in [0.15, 0.2) is 5.82 Å². The van der Waals surface area contributed by atoms with E-state index in [0.717, 1.165) is 11.4 Å². The van der Waals surface area contributed by atoms with Gasteiger partial charge in [0.25, 0.3) is 0 Å². The van der Waals surface area contributed by atoms with Gasteiger partial charge in [0.2, 0.25) is 10.6 Å². The fourth-order valence-corrected chi connectivity index (χ4v) is 1.64. The molecule has 0 aliphatic heterocycles. The number of nitrogens with zero attached hydrogens (tertiary/aromatic N) is 4. The summed E-state index contributed by atoms with van der Waals surface area (Å²) in [5.74, 6) is 0.482. The molecule has 0 fully saturated rings. The third-order valence-electron chi connectivity index (χ3n) is 2.18. The van der Waals surface area contributed by atoms with Crippen molar-refractivity contribution in [3.8, 4) is 11.5 Å². The number of halogens is 2. The predicted octanol–water partition coefficient (Wildman–Crippen LogP) is 2.49. The molecule has 15 heavy (non-hydrogen) atoms. The first-order valence-electron chi connectivity index (χ1n) is 4.27. The van der Waals surface area contributed by atoms with Gasteiger partial charge in [-0.15, -0.1) is 0 Å². The van der Waals surface area contributed by atoms with Crippen LogP contribution >= 0.6 is 23.2 Å². The van der Waals surface area contributed by atoms with Crippen molar-refractivity contribution in [2.24, 2.45) is 7.05 Å². The number of rotatable bonds is 1. The van der Waals surface area contributed by atoms with Crippen molar-refractivity contribution in [1.82, 2.24) is 19.5 Å². The molecule has 0 spiro atoms. The molecule has 2 aromatic rings. The van der Waals surface area contributed by atoms with E-state index in [4.69, 9.17) is 23.2 Å². The average Bonchev–Trinajstić information content (AvgIpc) is 2.46. The molecule has 2 aromatic heterocycles. The van der Waals surface area contributed by atoms with Crippen LogP contribution in [-0.2, 0) is 7.05 Å². The minimum absolute atomic E-state index is 0.101. The normalized spacial score (nSPS) is 10.7. The van der Waals surface area contributed by atoms with Crippen LogP contribution < -0.4 is 0 Å². The van der Waals surface area contributed by atoms with Crippen LogP contribution in [0.25, 0.3) is 11.5 Å². The van der Waals surface area contributed by atoms with Gasteiger partial charge in [-0.2, -0.15) is 15.0 Å². The van der Waals surface area contributed by atoms with Crippen molar-refractivity contribution >= 4 is 23.2 Å². The highest BCUT2D eigenvalue weighted by Crippen LogP contribution is 2.19. The Hall–Kier alpha value is -1.13. The number of aromatic nitrogens is 4. The van der Waals surface area contributed by atoms with E-state index in [1.807, 2.05) is 30.7 Å². The number of aryl methyl sites for hydroxylation is 1. The number of hydrogen-bond donors (Lipinski definition) is 0. The van der Waals surface area contributed by atoms with Crippen molar-refractivity contribution in [3.05, 3.63) is 28.4 Å². The second kappa shape index (κ2) is 3.79. The highest BCUT2D eigenvalue weighted by Gasteiger charge is 2.09. The fraction of sp³-hybridized carbons (Fsp3) is 0.222. The first-order chi connectivity index (χ1) is 7.08. The molecule has 2 heterocycles. The van der Waals surface area contributed by atoms with E-state index in [9.17, 15) is 0 Å². The monoisotopic (exact) mass is 242 g/mol. The summed E-state index contributed by atoms with van der Waals surface area (Å²) in [5, 5.41) is 0.202. The van der Waals surface area contributed by atoms with E-state index in [-0.39, 0.29) is 10.6 Å². The van der Waals surface area contributed by atoms with Crippen LogP contribution in [-0.4, -0.2) is 19.5 Å². The molecule has 0 aliphatic carbocycles. The summed E-state index contributed by atoms with van der Waals surface area (Å²) in [6.07, 6.45) is 0. The van der Waals surface area contributed by atoms with Gasteiger partial charge in [-0.1, -0.05) is 0 Å². The molecule has 0 aliphatic rings. The summed E-state index contributed by atoms with van der Waals surface area (Å²) >= 11 is 11.4. The van der Waals surface area contributed by atoms with Gasteiger partial charge in [0, 0.05) is 12.7 Å². The Balaban J connectivity index is 2.58. The molecular weight excluding hydrogens is 235 g/mol. The minimum Gasteiger partial charge on any atom is -0.345 e. The van der Waals surface area contributed by atoms with E-state index >= 15 is 0 Å². The summed E-state index contributed by atoms with van der Waals surface area (Å²) in [5.41, 5.74) is 1.97. The third-order valence-corrected chi connectivity index (χ3v) is 2.52. The molecule has 2 rings (SSSR count). The average molecular weight is 243 g/mol. The predicted molar refractivity (Wildman–Crippen MR) is 59.0 cm³/mol. The molecular formula is C9H8Cl2N4. The topological polar surface area (TPSA) is 43.6 Å². The molecule has 0 radical (unpaired) electrons. The van der Waals surface area contributed by atoms with Crippen molar-refractivity contribution < 1.29 is 0 Å². The Kier molecular flexibility index (Phi) is 2.63. The molecule has 0 aromatic carbocycles. The largest absolute Gasteiger partial charge is 0.345 e. The molecule has 0 atom stereocenters. The van der Waals surface area contributed by atoms with Crippen LogP contribution in [0.15, 0.2) is 12.1 Å². The summed E-state index contributed by atoms with van der Waals surface area (Å²) < 4.78 is 1.96. The fourth-order valence-electron chi connectivity index (χ4n) is 1.28. The van der Waals surface area contributed by atoms with Crippen molar-refractivity contribution in [2.45, 2.75) is 6.92 Å². The van der Waals surface area contributed by atoms with Crippen LogP contribution in [0.1, 0.15) is 5.69 Å². The Morgan fingerprint density at radius 1 is 1.07 bits per heavy atom. The summed E-state index contributed by atoms with van der Waals surface area (Å²) in [6.45, 7) is 1.99. The van der Waals surface area contributed by atoms with Gasteiger partial charge in [0.1, 0.15) is 0 Å². The van der Waals surface area contributed by atoms with Crippen molar-refractivity contribution in [1.29, 1.82) is 0 Å². The van der Waals surface area contributed by atoms with Crippen LogP contribution in [0.2, 0.25) is 10.6 Å². The molecule has 0 N–H and O–H groups in total. The first-order valence-corrected chi connectivity index (χ1v) is 5.03. The second-order valence-corrected chi connectivity index (χ2v) is 3.79. The molecule has 4 nitrogen and oxygen atoms in total. The summed E-state index contributed by atoms with van der Waals surface area (Å²) in [4.78, 5) is 11.7. The van der Waals surface area contributed by atoms with Gasteiger partial charge in [-0.25, -0.2) is 0 Å². The van der Waals surface area contributed by atoms with E-state index in [1.54, 1.807) is 0 Å². The molecule has 0 amide bonds. The first kappa shape index (κ1) is 10.4. The standard InChI is InChI=1S/C9H8Cl2N4/c1-5-3-4-6(15(5)2)7-12-8(10)14-9(11)13-7/h3-4H,1-2H3. The van der Waals surface area contributed by atoms with Crippen LogP contribution in [0.4, 0.5) is 0 Å². The zero-order valence-corrected chi connectivity index (χ0v) is 9.71. The van der Waals surface area contributed by atoms with Gasteiger partial charge in [-0.3, -0.25) is 0 Å². The van der Waals surface area contributed by atoms with E-state index in [1.165, 1.54) is 0 Å². The number of hydrogen-bond acceptors (Lipinski definition) is 3. The van der Waals surface area contributed by atoms with E-state index < -0.39 is 0 Å². The van der Waals surface area contributed by atoms with Crippen molar-refractivity contribution in [2.75, 3.05) is 0 Å². The molecule has 0 saturated heterocycles. The molecule has 0 saturated carbocycles. The summed E-state index contributed by atoms with van der Waals surface area (Å²) in [6, 6.07) is 3.89. The molecule has 0 unspecified atom stereocenters. The molecule has 0 bridgehead atoms. The Bertz CT molecular complexity index is 487. The van der Waals surface area contributed by atoms with Crippen molar-refractivity contribution in [3.63, 3.8) is 0 Å². The van der Waals surface area contributed by atoms with Crippen LogP contribution in [0, 0.1) is 6.92 Å². The maximum Gasteiger partial charge on any atom is 0.227 e. The van der Waals surface area contributed by atoms with Gasteiger partial charge in [-0.05, 0) is 42.3 Å². The van der Waals surface area contributed by atoms with E-state index in [2.05, 4.69) is 15.0 Å². The summed E-state index contributed by atoms with van der Waals surface area (Å²) in [7, 11) is 1.93. The lowest BCUT2D eigenvalue weighted by atomic mass is 10.4. The van der Waals surface area contributed by atoms with Gasteiger partial charge in [0.05, 0.1) is 5.69 Å². The van der Waals surface area contributed by atoms with Gasteiger partial charge < -0.3 is 4.57 Å².